The summed E-state index contributed by atoms with van der Waals surface area (Å²) in [5, 5.41) is 10.4. The fourth-order valence-corrected chi connectivity index (χ4v) is 2.34. The predicted molar refractivity (Wildman–Crippen MR) is 76.3 cm³/mol. The van der Waals surface area contributed by atoms with E-state index >= 15 is 0 Å². The van der Waals surface area contributed by atoms with Crippen molar-refractivity contribution in [2.75, 3.05) is 26.9 Å². The van der Waals surface area contributed by atoms with E-state index in [1.807, 2.05) is 13.8 Å². The van der Waals surface area contributed by atoms with Gasteiger partial charge >= 0.3 is 0 Å². The molecule has 0 atom stereocenters. The van der Waals surface area contributed by atoms with Crippen molar-refractivity contribution in [3.05, 3.63) is 21.9 Å². The maximum Gasteiger partial charge on any atom is 0.255 e. The second kappa shape index (κ2) is 7.95. The van der Waals surface area contributed by atoms with E-state index in [2.05, 4.69) is 11.8 Å². The average molecular weight is 281 g/mol. The number of nitrogens with zero attached hydrogens (tertiary/aromatic N) is 1. The molecule has 1 aromatic rings. The van der Waals surface area contributed by atoms with Gasteiger partial charge in [0.15, 0.2) is 0 Å². The molecule has 1 rings (SSSR count). The highest BCUT2D eigenvalue weighted by Crippen LogP contribution is 2.16. The molecule has 1 amide bonds. The molecule has 0 radical (unpaired) electrons. The van der Waals surface area contributed by atoms with Crippen LogP contribution in [0.25, 0.3) is 0 Å². The third kappa shape index (κ3) is 4.67. The van der Waals surface area contributed by atoms with E-state index in [4.69, 9.17) is 9.84 Å². The summed E-state index contributed by atoms with van der Waals surface area (Å²) in [5.41, 5.74) is 0.636. The van der Waals surface area contributed by atoms with Crippen LogP contribution in [0.4, 0.5) is 0 Å². The van der Waals surface area contributed by atoms with Crippen LogP contribution >= 0.6 is 11.3 Å². The van der Waals surface area contributed by atoms with Gasteiger partial charge in [0.05, 0.1) is 17.0 Å². The van der Waals surface area contributed by atoms with Crippen LogP contribution in [-0.2, 0) is 4.74 Å². The van der Waals surface area contributed by atoms with Crippen LogP contribution in [0.2, 0.25) is 0 Å². The molecular formula is C14H19NO3S. The lowest BCUT2D eigenvalue weighted by molar-refractivity contribution is 0.0635. The number of amides is 1. The smallest absolute Gasteiger partial charge is 0.255 e. The van der Waals surface area contributed by atoms with Gasteiger partial charge in [-0.2, -0.15) is 0 Å². The predicted octanol–water partition coefficient (Wildman–Crippen LogP) is 1.59. The van der Waals surface area contributed by atoms with E-state index in [-0.39, 0.29) is 18.6 Å². The number of thiophene rings is 1. The minimum atomic E-state index is -0.173. The van der Waals surface area contributed by atoms with Gasteiger partial charge in [-0.1, -0.05) is 11.8 Å². The van der Waals surface area contributed by atoms with E-state index in [0.29, 0.717) is 18.7 Å². The number of carbonyl (C=O) groups is 1. The molecule has 0 bridgehead atoms. The van der Waals surface area contributed by atoms with Crippen LogP contribution in [0.15, 0.2) is 11.4 Å². The van der Waals surface area contributed by atoms with Crippen LogP contribution in [0.3, 0.4) is 0 Å². The minimum Gasteiger partial charge on any atom is -0.384 e. The number of rotatable bonds is 5. The molecule has 0 aliphatic heterocycles. The lowest BCUT2D eigenvalue weighted by atomic mass is 10.2. The lowest BCUT2D eigenvalue weighted by Crippen LogP contribution is -2.39. The van der Waals surface area contributed by atoms with Crippen molar-refractivity contribution >= 4 is 17.2 Å². The van der Waals surface area contributed by atoms with Crippen molar-refractivity contribution in [2.24, 2.45) is 0 Å². The molecule has 104 valence electrons. The van der Waals surface area contributed by atoms with Crippen molar-refractivity contribution in [3.8, 4) is 11.8 Å². The van der Waals surface area contributed by atoms with E-state index in [1.165, 1.54) is 11.3 Å². The molecule has 0 aliphatic rings. The Morgan fingerprint density at radius 2 is 2.32 bits per heavy atom. The second-order valence-corrected chi connectivity index (χ2v) is 5.16. The highest BCUT2D eigenvalue weighted by Gasteiger charge is 2.19. The van der Waals surface area contributed by atoms with Gasteiger partial charge < -0.3 is 14.7 Å². The first-order chi connectivity index (χ1) is 9.10. The number of ether oxygens (including phenoxy) is 1. The van der Waals surface area contributed by atoms with Crippen LogP contribution < -0.4 is 0 Å². The molecule has 4 nitrogen and oxygen atoms in total. The zero-order valence-electron chi connectivity index (χ0n) is 11.5. The molecule has 5 heteroatoms. The van der Waals surface area contributed by atoms with Gasteiger partial charge in [0.25, 0.3) is 5.91 Å². The Labute approximate surface area is 118 Å². The van der Waals surface area contributed by atoms with Gasteiger partial charge in [-0.25, -0.2) is 0 Å². The summed E-state index contributed by atoms with van der Waals surface area (Å²) in [6.45, 7) is 4.87. The Kier molecular flexibility index (Phi) is 6.57. The Bertz CT molecular complexity index is 471. The number of methoxy groups -OCH3 is 1. The maximum atomic E-state index is 12.4. The zero-order valence-corrected chi connectivity index (χ0v) is 12.3. The normalized spacial score (nSPS) is 10.2. The molecule has 0 aromatic carbocycles. The molecule has 0 spiro atoms. The van der Waals surface area contributed by atoms with Crippen molar-refractivity contribution in [1.82, 2.24) is 4.90 Å². The summed E-state index contributed by atoms with van der Waals surface area (Å²) in [6, 6.07) is 1.88. The molecule has 0 unspecified atom stereocenters. The monoisotopic (exact) mass is 281 g/mol. The van der Waals surface area contributed by atoms with Gasteiger partial charge in [-0.3, -0.25) is 4.79 Å². The largest absolute Gasteiger partial charge is 0.384 e. The first kappa shape index (κ1) is 15.7. The topological polar surface area (TPSA) is 49.8 Å². The standard InChI is InChI=1S/C14H19NO3S/c1-11(2)15(6-8-18-3)14(17)12-9-13(19-10-12)5-4-7-16/h9-11,16H,6-8H2,1-3H3. The Balaban J connectivity index is 2.81. The number of aliphatic hydroxyl groups excluding tert-OH is 1. The molecule has 0 saturated heterocycles. The summed E-state index contributed by atoms with van der Waals surface area (Å²) in [5.74, 6) is 5.36. The summed E-state index contributed by atoms with van der Waals surface area (Å²) >= 11 is 1.41. The third-order valence-corrected chi connectivity index (χ3v) is 3.40. The van der Waals surface area contributed by atoms with Crippen molar-refractivity contribution < 1.29 is 14.6 Å². The first-order valence-electron chi connectivity index (χ1n) is 6.08. The number of hydrogen-bond acceptors (Lipinski definition) is 4. The van der Waals surface area contributed by atoms with Crippen LogP contribution in [0, 0.1) is 11.8 Å². The quantitative estimate of drug-likeness (QED) is 0.834. The Morgan fingerprint density at radius 3 is 2.89 bits per heavy atom. The van der Waals surface area contributed by atoms with Gasteiger partial charge in [0, 0.05) is 25.1 Å². The van der Waals surface area contributed by atoms with Crippen molar-refractivity contribution in [1.29, 1.82) is 0 Å². The molecule has 1 N–H and O–H groups in total. The summed E-state index contributed by atoms with van der Waals surface area (Å²) < 4.78 is 5.03. The van der Waals surface area contributed by atoms with E-state index in [9.17, 15) is 4.79 Å². The fourth-order valence-electron chi connectivity index (χ4n) is 1.59. The summed E-state index contributed by atoms with van der Waals surface area (Å²) in [6.07, 6.45) is 0. The van der Waals surface area contributed by atoms with Crippen LogP contribution in [-0.4, -0.2) is 48.8 Å². The van der Waals surface area contributed by atoms with Gasteiger partial charge in [-0.05, 0) is 19.9 Å². The number of aliphatic hydroxyl groups is 1. The molecule has 0 fully saturated rings. The Morgan fingerprint density at radius 1 is 1.58 bits per heavy atom. The summed E-state index contributed by atoms with van der Waals surface area (Å²) in [7, 11) is 1.62. The van der Waals surface area contributed by atoms with E-state index in [1.54, 1.807) is 23.5 Å². The number of carbonyl (C=O) groups excluding carboxylic acids is 1. The number of hydrogen-bond donors (Lipinski definition) is 1. The molecule has 0 aliphatic carbocycles. The van der Waals surface area contributed by atoms with Crippen LogP contribution in [0.1, 0.15) is 29.1 Å². The first-order valence-corrected chi connectivity index (χ1v) is 6.96. The lowest BCUT2D eigenvalue weighted by Gasteiger charge is -2.26. The molecular weight excluding hydrogens is 262 g/mol. The molecule has 19 heavy (non-hydrogen) atoms. The minimum absolute atomic E-state index is 0.0136. The molecule has 1 heterocycles. The highest BCUT2D eigenvalue weighted by atomic mass is 32.1. The van der Waals surface area contributed by atoms with Crippen LogP contribution in [0.5, 0.6) is 0 Å². The van der Waals surface area contributed by atoms with Gasteiger partial charge in [0.2, 0.25) is 0 Å². The maximum absolute atomic E-state index is 12.4. The van der Waals surface area contributed by atoms with E-state index in [0.717, 1.165) is 4.88 Å². The Hall–Kier alpha value is -1.35. The van der Waals surface area contributed by atoms with Crippen molar-refractivity contribution in [3.63, 3.8) is 0 Å². The van der Waals surface area contributed by atoms with Crippen molar-refractivity contribution in [2.45, 2.75) is 19.9 Å². The molecule has 1 aromatic heterocycles. The summed E-state index contributed by atoms with van der Waals surface area (Å²) in [4.78, 5) is 14.9. The third-order valence-electron chi connectivity index (χ3n) is 2.56. The fraction of sp³-hybridized carbons (Fsp3) is 0.500. The van der Waals surface area contributed by atoms with E-state index < -0.39 is 0 Å². The average Bonchev–Trinajstić information content (AvgIpc) is 2.85. The highest BCUT2D eigenvalue weighted by molar-refractivity contribution is 7.10. The molecule has 0 saturated carbocycles. The van der Waals surface area contributed by atoms with Gasteiger partial charge in [-0.15, -0.1) is 11.3 Å². The SMILES string of the molecule is COCCN(C(=O)c1csc(C#CCO)c1)C(C)C. The van der Waals surface area contributed by atoms with Gasteiger partial charge in [0.1, 0.15) is 6.61 Å². The second-order valence-electron chi connectivity index (χ2n) is 4.24. The zero-order chi connectivity index (χ0) is 14.3.